The average molecular weight is 397 g/mol. The van der Waals surface area contributed by atoms with E-state index in [-0.39, 0.29) is 29.5 Å². The Balaban J connectivity index is 1.67. The monoisotopic (exact) mass is 397 g/mol. The molecule has 2 aromatic heterocycles. The second kappa shape index (κ2) is 9.36. The second-order valence-corrected chi connectivity index (χ2v) is 7.23. The van der Waals surface area contributed by atoms with Gasteiger partial charge in [0.1, 0.15) is 11.3 Å². The molecule has 8 heteroatoms. The molecule has 0 saturated carbocycles. The Morgan fingerprint density at radius 3 is 2.66 bits per heavy atom. The van der Waals surface area contributed by atoms with E-state index in [1.54, 1.807) is 7.05 Å². The number of fused-ring (bicyclic) bond motifs is 1. The van der Waals surface area contributed by atoms with Crippen molar-refractivity contribution < 1.29 is 4.79 Å². The zero-order valence-electron chi connectivity index (χ0n) is 16.8. The minimum Gasteiger partial charge on any atom is -0.349 e. The van der Waals surface area contributed by atoms with Gasteiger partial charge in [-0.1, -0.05) is 56.5 Å². The van der Waals surface area contributed by atoms with Crippen LogP contribution in [0.3, 0.4) is 0 Å². The molecular weight excluding hydrogens is 370 g/mol. The molecule has 0 bridgehead atoms. The van der Waals surface area contributed by atoms with Crippen LogP contribution in [0.25, 0.3) is 11.2 Å². The predicted octanol–water partition coefficient (Wildman–Crippen LogP) is 2.32. The summed E-state index contributed by atoms with van der Waals surface area (Å²) >= 11 is 0. The molecule has 2 heterocycles. The number of hydrogen-bond acceptors (Lipinski definition) is 4. The molecule has 0 fully saturated rings. The van der Waals surface area contributed by atoms with Crippen molar-refractivity contribution in [2.75, 3.05) is 0 Å². The summed E-state index contributed by atoms with van der Waals surface area (Å²) in [4.78, 5) is 45.6. The van der Waals surface area contributed by atoms with Gasteiger partial charge in [-0.05, 0) is 12.0 Å². The van der Waals surface area contributed by atoms with Crippen LogP contribution in [0.5, 0.6) is 0 Å². The fourth-order valence-electron chi connectivity index (χ4n) is 3.38. The van der Waals surface area contributed by atoms with Crippen molar-refractivity contribution in [3.05, 3.63) is 62.6 Å². The number of amides is 1. The zero-order valence-corrected chi connectivity index (χ0v) is 16.8. The normalized spacial score (nSPS) is 12.2. The highest BCUT2D eigenvalue weighted by Crippen LogP contribution is 2.20. The van der Waals surface area contributed by atoms with Crippen LogP contribution >= 0.6 is 0 Å². The van der Waals surface area contributed by atoms with Gasteiger partial charge in [-0.25, -0.2) is 9.78 Å². The number of carbonyl (C=O) groups is 1. The molecule has 0 aliphatic rings. The van der Waals surface area contributed by atoms with Crippen LogP contribution in [0.15, 0.2) is 39.9 Å². The number of aryl methyl sites for hydroxylation is 2. The fourth-order valence-corrected chi connectivity index (χ4v) is 3.38. The van der Waals surface area contributed by atoms with Gasteiger partial charge in [0.25, 0.3) is 5.56 Å². The third-order valence-corrected chi connectivity index (χ3v) is 5.03. The van der Waals surface area contributed by atoms with Gasteiger partial charge in [-0.15, -0.1) is 0 Å². The lowest BCUT2D eigenvalue weighted by molar-refractivity contribution is -0.121. The van der Waals surface area contributed by atoms with Crippen molar-refractivity contribution in [3.63, 3.8) is 0 Å². The SMILES string of the molecule is CCCCCC(NC(=O)CCc1nc2c([nH]1)c(=O)[nH]c(=O)n2C)c1ccccc1. The standard InChI is InChI=1S/C21H27N5O3/c1-3-4-6-11-15(14-9-7-5-8-10-14)22-17(27)13-12-16-23-18-19(24-16)26(2)21(29)25-20(18)28/h5,7-10,15H,3-4,6,11-13H2,1-2H3,(H,22,27)(H,23,24)(H,25,28,29). The number of nitrogens with zero attached hydrogens (tertiary/aromatic N) is 2. The molecule has 0 aliphatic heterocycles. The summed E-state index contributed by atoms with van der Waals surface area (Å²) in [5.74, 6) is 0.433. The van der Waals surface area contributed by atoms with Crippen molar-refractivity contribution in [1.82, 2.24) is 24.8 Å². The van der Waals surface area contributed by atoms with Gasteiger partial charge in [0.15, 0.2) is 5.65 Å². The Morgan fingerprint density at radius 1 is 1.17 bits per heavy atom. The number of aromatic nitrogens is 4. The molecule has 0 spiro atoms. The van der Waals surface area contributed by atoms with Crippen LogP contribution in [-0.4, -0.2) is 25.4 Å². The van der Waals surface area contributed by atoms with Crippen molar-refractivity contribution >= 4 is 17.1 Å². The lowest BCUT2D eigenvalue weighted by atomic mass is 10.00. The molecule has 1 amide bonds. The van der Waals surface area contributed by atoms with E-state index in [1.165, 1.54) is 4.57 Å². The predicted molar refractivity (Wildman–Crippen MR) is 112 cm³/mol. The Bertz CT molecular complexity index is 1080. The van der Waals surface area contributed by atoms with E-state index in [0.29, 0.717) is 12.2 Å². The summed E-state index contributed by atoms with van der Waals surface area (Å²) < 4.78 is 1.27. The van der Waals surface area contributed by atoms with E-state index in [1.807, 2.05) is 30.3 Å². The first-order valence-corrected chi connectivity index (χ1v) is 10.0. The maximum Gasteiger partial charge on any atom is 0.329 e. The fraction of sp³-hybridized carbons (Fsp3) is 0.429. The summed E-state index contributed by atoms with van der Waals surface area (Å²) in [5.41, 5.74) is 0.602. The molecule has 3 N–H and O–H groups in total. The van der Waals surface area contributed by atoms with E-state index in [9.17, 15) is 14.4 Å². The quantitative estimate of drug-likeness (QED) is 0.481. The number of imidazole rings is 1. The van der Waals surface area contributed by atoms with Crippen molar-refractivity contribution in [2.24, 2.45) is 7.05 Å². The van der Waals surface area contributed by atoms with Gasteiger partial charge in [0.05, 0.1) is 6.04 Å². The van der Waals surface area contributed by atoms with Crippen molar-refractivity contribution in [3.8, 4) is 0 Å². The summed E-state index contributed by atoms with van der Waals surface area (Å²) in [6, 6.07) is 9.96. The highest BCUT2D eigenvalue weighted by atomic mass is 16.2. The summed E-state index contributed by atoms with van der Waals surface area (Å²) in [7, 11) is 1.54. The first kappa shape index (κ1) is 20.6. The van der Waals surface area contributed by atoms with E-state index in [4.69, 9.17) is 0 Å². The molecule has 3 aromatic rings. The van der Waals surface area contributed by atoms with Gasteiger partial charge in [0.2, 0.25) is 5.91 Å². The first-order chi connectivity index (χ1) is 14.0. The van der Waals surface area contributed by atoms with Crippen molar-refractivity contribution in [2.45, 2.75) is 51.5 Å². The Labute approximate surface area is 168 Å². The molecule has 29 heavy (non-hydrogen) atoms. The third-order valence-electron chi connectivity index (χ3n) is 5.03. The number of nitrogens with one attached hydrogen (secondary N) is 3. The van der Waals surface area contributed by atoms with Gasteiger partial charge >= 0.3 is 5.69 Å². The molecule has 8 nitrogen and oxygen atoms in total. The highest BCUT2D eigenvalue weighted by Gasteiger charge is 2.16. The number of unbranched alkanes of at least 4 members (excludes halogenated alkanes) is 2. The molecule has 0 radical (unpaired) electrons. The summed E-state index contributed by atoms with van der Waals surface area (Å²) in [6.45, 7) is 2.16. The Morgan fingerprint density at radius 2 is 1.93 bits per heavy atom. The first-order valence-electron chi connectivity index (χ1n) is 10.0. The van der Waals surface area contributed by atoms with E-state index in [0.717, 1.165) is 31.2 Å². The van der Waals surface area contributed by atoms with Crippen molar-refractivity contribution in [1.29, 1.82) is 0 Å². The molecule has 1 aromatic carbocycles. The van der Waals surface area contributed by atoms with E-state index >= 15 is 0 Å². The second-order valence-electron chi connectivity index (χ2n) is 7.23. The number of H-pyrrole nitrogens is 2. The van der Waals surface area contributed by atoms with Gasteiger partial charge in [-0.2, -0.15) is 0 Å². The number of benzene rings is 1. The Hall–Kier alpha value is -3.16. The maximum absolute atomic E-state index is 12.6. The van der Waals surface area contributed by atoms with Crippen LogP contribution in [0.1, 0.15) is 56.5 Å². The maximum atomic E-state index is 12.6. The smallest absolute Gasteiger partial charge is 0.329 e. The van der Waals surface area contributed by atoms with Gasteiger partial charge in [-0.3, -0.25) is 19.1 Å². The third kappa shape index (κ3) is 5.01. The lowest BCUT2D eigenvalue weighted by Crippen LogP contribution is -2.28. The number of carbonyl (C=O) groups excluding carboxylic acids is 1. The topological polar surface area (TPSA) is 113 Å². The molecular formula is C21H27N5O3. The minimum absolute atomic E-state index is 0.0189. The molecule has 154 valence electrons. The molecule has 1 unspecified atom stereocenters. The molecule has 0 saturated heterocycles. The van der Waals surface area contributed by atoms with Crippen LogP contribution in [-0.2, 0) is 18.3 Å². The van der Waals surface area contributed by atoms with Crippen LogP contribution in [0.2, 0.25) is 0 Å². The molecule has 1 atom stereocenters. The Kier molecular flexibility index (Phi) is 6.64. The zero-order chi connectivity index (χ0) is 20.8. The molecule has 0 aliphatic carbocycles. The minimum atomic E-state index is -0.518. The summed E-state index contributed by atoms with van der Waals surface area (Å²) in [5, 5.41) is 3.12. The number of rotatable bonds is 9. The summed E-state index contributed by atoms with van der Waals surface area (Å²) in [6.07, 6.45) is 4.80. The van der Waals surface area contributed by atoms with E-state index in [2.05, 4.69) is 27.2 Å². The average Bonchev–Trinajstić information content (AvgIpc) is 3.16. The lowest BCUT2D eigenvalue weighted by Gasteiger charge is -2.19. The van der Waals surface area contributed by atoms with Gasteiger partial charge in [0, 0.05) is 19.9 Å². The molecule has 3 rings (SSSR count). The number of hydrogen-bond donors (Lipinski definition) is 3. The highest BCUT2D eigenvalue weighted by molar-refractivity contribution is 5.77. The van der Waals surface area contributed by atoms with Crippen LogP contribution < -0.4 is 16.6 Å². The van der Waals surface area contributed by atoms with Crippen LogP contribution in [0, 0.1) is 0 Å². The number of aromatic amines is 2. The van der Waals surface area contributed by atoms with Crippen LogP contribution in [0.4, 0.5) is 0 Å². The largest absolute Gasteiger partial charge is 0.349 e. The van der Waals surface area contributed by atoms with Gasteiger partial charge < -0.3 is 10.3 Å². The van der Waals surface area contributed by atoms with E-state index < -0.39 is 11.2 Å².